The maximum absolute atomic E-state index is 12.5. The third-order valence-electron chi connectivity index (χ3n) is 4.01. The summed E-state index contributed by atoms with van der Waals surface area (Å²) in [7, 11) is 0. The van der Waals surface area contributed by atoms with Crippen LogP contribution in [0.5, 0.6) is 0 Å². The standard InChI is InChI=1S/C19H18N2O2S/c1-14-6-11-24-19(14)18(22)16(13-20)12-15-2-4-17(5-3-15)21-7-9-23-10-8-21/h2-6,11-12H,7-10H2,1H3/b16-12+. The van der Waals surface area contributed by atoms with Gasteiger partial charge in [-0.05, 0) is 47.7 Å². The topological polar surface area (TPSA) is 53.3 Å². The highest BCUT2D eigenvalue weighted by Crippen LogP contribution is 2.22. The molecule has 2 aromatic rings. The molecule has 0 spiro atoms. The molecule has 0 N–H and O–H groups in total. The quantitative estimate of drug-likeness (QED) is 0.485. The number of allylic oxidation sites excluding steroid dienone is 1. The number of hydrogen-bond acceptors (Lipinski definition) is 5. The Morgan fingerprint density at radius 1 is 1.25 bits per heavy atom. The molecule has 0 bridgehead atoms. The molecule has 2 heterocycles. The van der Waals surface area contributed by atoms with E-state index in [4.69, 9.17) is 4.74 Å². The van der Waals surface area contributed by atoms with Crippen LogP contribution in [0.3, 0.4) is 0 Å². The van der Waals surface area contributed by atoms with Gasteiger partial charge in [0, 0.05) is 18.8 Å². The number of morpholine rings is 1. The summed E-state index contributed by atoms with van der Waals surface area (Å²) in [4.78, 5) is 15.4. The van der Waals surface area contributed by atoms with Crippen LogP contribution in [0, 0.1) is 18.3 Å². The highest BCUT2D eigenvalue weighted by molar-refractivity contribution is 7.12. The smallest absolute Gasteiger partial charge is 0.213 e. The molecule has 1 aromatic carbocycles. The van der Waals surface area contributed by atoms with Gasteiger partial charge in [0.15, 0.2) is 0 Å². The molecule has 1 saturated heterocycles. The van der Waals surface area contributed by atoms with Crippen LogP contribution < -0.4 is 4.90 Å². The zero-order chi connectivity index (χ0) is 16.9. The maximum Gasteiger partial charge on any atom is 0.213 e. The van der Waals surface area contributed by atoms with Gasteiger partial charge in [0.1, 0.15) is 11.6 Å². The van der Waals surface area contributed by atoms with E-state index in [9.17, 15) is 10.1 Å². The highest BCUT2D eigenvalue weighted by Gasteiger charge is 2.16. The summed E-state index contributed by atoms with van der Waals surface area (Å²) in [6, 6.07) is 11.9. The summed E-state index contributed by atoms with van der Waals surface area (Å²) in [5.41, 5.74) is 3.06. The average molecular weight is 338 g/mol. The van der Waals surface area contributed by atoms with Crippen LogP contribution in [-0.2, 0) is 4.74 Å². The van der Waals surface area contributed by atoms with E-state index in [1.54, 1.807) is 6.08 Å². The first-order valence-electron chi connectivity index (χ1n) is 7.82. The molecule has 1 aliphatic heterocycles. The number of anilines is 1. The molecule has 3 rings (SSSR count). The third-order valence-corrected chi connectivity index (χ3v) is 5.03. The Morgan fingerprint density at radius 2 is 1.96 bits per heavy atom. The van der Waals surface area contributed by atoms with E-state index in [2.05, 4.69) is 4.90 Å². The van der Waals surface area contributed by atoms with E-state index >= 15 is 0 Å². The summed E-state index contributed by atoms with van der Waals surface area (Å²) >= 11 is 1.37. The Bertz CT molecular complexity index is 794. The Hall–Kier alpha value is -2.42. The molecule has 1 fully saturated rings. The van der Waals surface area contributed by atoms with E-state index < -0.39 is 0 Å². The molecule has 5 heteroatoms. The molecule has 0 amide bonds. The van der Waals surface area contributed by atoms with E-state index in [-0.39, 0.29) is 11.4 Å². The number of benzene rings is 1. The van der Waals surface area contributed by atoms with Crippen molar-refractivity contribution in [3.8, 4) is 6.07 Å². The second-order valence-corrected chi connectivity index (χ2v) is 6.54. The summed E-state index contributed by atoms with van der Waals surface area (Å²) in [6.45, 7) is 5.14. The first kappa shape index (κ1) is 16.4. The predicted molar refractivity (Wildman–Crippen MR) is 96.5 cm³/mol. The molecule has 0 saturated carbocycles. The molecule has 0 aliphatic carbocycles. The lowest BCUT2D eigenvalue weighted by atomic mass is 10.0. The molecule has 0 atom stereocenters. The first-order chi connectivity index (χ1) is 11.7. The number of rotatable bonds is 4. The van der Waals surface area contributed by atoms with Crippen molar-refractivity contribution in [2.45, 2.75) is 6.92 Å². The fourth-order valence-corrected chi connectivity index (χ4v) is 3.53. The first-order valence-corrected chi connectivity index (χ1v) is 8.70. The van der Waals surface area contributed by atoms with E-state index in [1.807, 2.05) is 48.7 Å². The second kappa shape index (κ2) is 7.43. The fourth-order valence-electron chi connectivity index (χ4n) is 2.65. The molecule has 0 radical (unpaired) electrons. The van der Waals surface area contributed by atoms with Crippen LogP contribution in [0.1, 0.15) is 20.8 Å². The van der Waals surface area contributed by atoms with Gasteiger partial charge in [0.25, 0.3) is 0 Å². The van der Waals surface area contributed by atoms with Crippen molar-refractivity contribution >= 4 is 28.9 Å². The lowest BCUT2D eigenvalue weighted by Gasteiger charge is -2.28. The normalized spacial score (nSPS) is 15.2. The molecule has 24 heavy (non-hydrogen) atoms. The number of thiophene rings is 1. The highest BCUT2D eigenvalue weighted by atomic mass is 32.1. The van der Waals surface area contributed by atoms with Crippen molar-refractivity contribution in [2.24, 2.45) is 0 Å². The van der Waals surface area contributed by atoms with E-state index in [0.29, 0.717) is 4.88 Å². The lowest BCUT2D eigenvalue weighted by molar-refractivity contribution is 0.104. The van der Waals surface area contributed by atoms with Crippen molar-refractivity contribution in [1.29, 1.82) is 5.26 Å². The van der Waals surface area contributed by atoms with Gasteiger partial charge >= 0.3 is 0 Å². The molecular formula is C19H18N2O2S. The predicted octanol–water partition coefficient (Wildman–Crippen LogP) is 3.68. The minimum absolute atomic E-state index is 0.166. The minimum Gasteiger partial charge on any atom is -0.378 e. The Kier molecular flexibility index (Phi) is 5.09. The van der Waals surface area contributed by atoms with E-state index in [0.717, 1.165) is 43.1 Å². The molecule has 122 valence electrons. The number of carbonyl (C=O) groups excluding carboxylic acids is 1. The van der Waals surface area contributed by atoms with Crippen molar-refractivity contribution in [3.05, 3.63) is 57.3 Å². The largest absolute Gasteiger partial charge is 0.378 e. The van der Waals surface area contributed by atoms with Crippen molar-refractivity contribution in [2.75, 3.05) is 31.2 Å². The SMILES string of the molecule is Cc1ccsc1C(=O)/C(C#N)=C/c1ccc(N2CCOCC2)cc1. The third kappa shape index (κ3) is 3.56. The summed E-state index contributed by atoms with van der Waals surface area (Å²) in [6.07, 6.45) is 1.66. The summed E-state index contributed by atoms with van der Waals surface area (Å²) < 4.78 is 5.36. The van der Waals surface area contributed by atoms with Crippen LogP contribution in [0.4, 0.5) is 5.69 Å². The average Bonchev–Trinajstić information content (AvgIpc) is 3.06. The number of ketones is 1. The Labute approximate surface area is 145 Å². The number of nitriles is 1. The molecule has 1 aromatic heterocycles. The van der Waals surface area contributed by atoms with Crippen LogP contribution in [-0.4, -0.2) is 32.1 Å². The van der Waals surface area contributed by atoms with Crippen molar-refractivity contribution in [1.82, 2.24) is 0 Å². The van der Waals surface area contributed by atoms with Gasteiger partial charge in [-0.25, -0.2) is 0 Å². The van der Waals surface area contributed by atoms with Crippen LogP contribution in [0.2, 0.25) is 0 Å². The van der Waals surface area contributed by atoms with Gasteiger partial charge in [-0.15, -0.1) is 11.3 Å². The Balaban J connectivity index is 1.80. The number of nitrogens with zero attached hydrogens (tertiary/aromatic N) is 2. The number of aryl methyl sites for hydroxylation is 1. The second-order valence-electron chi connectivity index (χ2n) is 5.62. The number of Topliss-reactive ketones (excluding diaryl/α,β-unsaturated/α-hetero) is 1. The van der Waals surface area contributed by atoms with Gasteiger partial charge < -0.3 is 9.64 Å². The van der Waals surface area contributed by atoms with Gasteiger partial charge in [-0.3, -0.25) is 4.79 Å². The zero-order valence-electron chi connectivity index (χ0n) is 13.5. The van der Waals surface area contributed by atoms with Crippen molar-refractivity contribution in [3.63, 3.8) is 0 Å². The summed E-state index contributed by atoms with van der Waals surface area (Å²) in [5.74, 6) is -0.206. The van der Waals surface area contributed by atoms with Crippen molar-refractivity contribution < 1.29 is 9.53 Å². The fraction of sp³-hybridized carbons (Fsp3) is 0.263. The molecule has 4 nitrogen and oxygen atoms in total. The number of ether oxygens (including phenoxy) is 1. The Morgan fingerprint density at radius 3 is 2.54 bits per heavy atom. The van der Waals surface area contributed by atoms with E-state index in [1.165, 1.54) is 11.3 Å². The van der Waals surface area contributed by atoms with Crippen LogP contribution >= 0.6 is 11.3 Å². The molecule has 1 aliphatic rings. The number of hydrogen-bond donors (Lipinski definition) is 0. The van der Waals surface area contributed by atoms with Crippen LogP contribution in [0.25, 0.3) is 6.08 Å². The van der Waals surface area contributed by atoms with Crippen LogP contribution in [0.15, 0.2) is 41.3 Å². The molecule has 0 unspecified atom stereocenters. The zero-order valence-corrected chi connectivity index (χ0v) is 14.3. The lowest BCUT2D eigenvalue weighted by Crippen LogP contribution is -2.36. The van der Waals surface area contributed by atoms with Gasteiger partial charge in [-0.2, -0.15) is 5.26 Å². The minimum atomic E-state index is -0.206. The maximum atomic E-state index is 12.5. The van der Waals surface area contributed by atoms with Gasteiger partial charge in [0.05, 0.1) is 18.1 Å². The monoisotopic (exact) mass is 338 g/mol. The van der Waals surface area contributed by atoms with Gasteiger partial charge in [-0.1, -0.05) is 12.1 Å². The van der Waals surface area contributed by atoms with Gasteiger partial charge in [0.2, 0.25) is 5.78 Å². The molecular weight excluding hydrogens is 320 g/mol. The number of carbonyl (C=O) groups is 1. The summed E-state index contributed by atoms with van der Waals surface area (Å²) in [5, 5.41) is 11.2.